The molecule has 9 heteroatoms. The second kappa shape index (κ2) is 11.2. The zero-order valence-electron chi connectivity index (χ0n) is 16.8. The number of hydrogen-bond acceptors (Lipinski definition) is 5. The molecule has 1 heterocycles. The van der Waals surface area contributed by atoms with Crippen molar-refractivity contribution in [1.29, 1.82) is 0 Å². The van der Waals surface area contributed by atoms with E-state index in [-0.39, 0.29) is 36.3 Å². The zero-order valence-corrected chi connectivity index (χ0v) is 18.4. The van der Waals surface area contributed by atoms with Crippen LogP contribution in [0.2, 0.25) is 0 Å². The fourth-order valence-corrected chi connectivity index (χ4v) is 3.90. The van der Waals surface area contributed by atoms with Crippen LogP contribution in [0, 0.1) is 11.6 Å². The molecule has 0 saturated carbocycles. The fraction of sp³-hybridized carbons (Fsp3) is 0.333. The van der Waals surface area contributed by atoms with Gasteiger partial charge in [-0.05, 0) is 49.5 Å². The van der Waals surface area contributed by atoms with E-state index < -0.39 is 5.82 Å². The van der Waals surface area contributed by atoms with Crippen LogP contribution in [-0.2, 0) is 4.79 Å². The summed E-state index contributed by atoms with van der Waals surface area (Å²) < 4.78 is 33.3. The number of thiazole rings is 1. The molecule has 162 valence electrons. The van der Waals surface area contributed by atoms with E-state index in [4.69, 9.17) is 4.74 Å². The summed E-state index contributed by atoms with van der Waals surface area (Å²) in [7, 11) is 0. The van der Waals surface area contributed by atoms with Gasteiger partial charge in [0.05, 0.1) is 4.70 Å². The van der Waals surface area contributed by atoms with Crippen LogP contribution in [0.15, 0.2) is 42.5 Å². The van der Waals surface area contributed by atoms with Gasteiger partial charge in [-0.1, -0.05) is 31.3 Å². The topological polar surface area (TPSA) is 45.7 Å². The Morgan fingerprint density at radius 2 is 1.77 bits per heavy atom. The first-order valence-electron chi connectivity index (χ1n) is 9.48. The molecule has 30 heavy (non-hydrogen) atoms. The molecule has 0 aliphatic carbocycles. The number of ether oxygens (including phenoxy) is 1. The average Bonchev–Trinajstić information content (AvgIpc) is 3.16. The summed E-state index contributed by atoms with van der Waals surface area (Å²) in [5.41, 5.74) is 0.257. The fourth-order valence-electron chi connectivity index (χ4n) is 2.88. The molecular weight excluding hydrogens is 432 g/mol. The summed E-state index contributed by atoms with van der Waals surface area (Å²) in [6, 6.07) is 10.2. The predicted molar refractivity (Wildman–Crippen MR) is 119 cm³/mol. The van der Waals surface area contributed by atoms with Gasteiger partial charge in [-0.3, -0.25) is 9.69 Å². The Hall–Kier alpha value is -2.29. The molecular formula is C21H24ClF2N3O2S. The third-order valence-electron chi connectivity index (χ3n) is 4.60. The standard InChI is InChI=1S/C21H23F2N3O2S.ClH/c1-3-25(4-2)12-13-26(19(27)14-28-16-10-8-15(22)9-11-16)21-24-20-17(23)6-5-7-18(20)29-21;/h5-11H,3-4,12-14H2,1-2H3;1H. The number of hydrogen-bond donors (Lipinski definition) is 0. The van der Waals surface area contributed by atoms with Crippen LogP contribution in [0.3, 0.4) is 0 Å². The third-order valence-corrected chi connectivity index (χ3v) is 5.64. The molecule has 3 aromatic rings. The summed E-state index contributed by atoms with van der Waals surface area (Å²) >= 11 is 1.27. The van der Waals surface area contributed by atoms with Crippen LogP contribution >= 0.6 is 23.7 Å². The molecule has 1 aromatic heterocycles. The molecule has 0 aliphatic rings. The van der Waals surface area contributed by atoms with Gasteiger partial charge in [0.15, 0.2) is 11.7 Å². The molecule has 1 amide bonds. The van der Waals surface area contributed by atoms with Crippen molar-refractivity contribution < 1.29 is 18.3 Å². The number of carbonyl (C=O) groups excluding carboxylic acids is 1. The second-order valence-corrected chi connectivity index (χ2v) is 7.41. The van der Waals surface area contributed by atoms with Crippen LogP contribution in [-0.4, -0.2) is 48.6 Å². The van der Waals surface area contributed by atoms with Crippen LogP contribution < -0.4 is 9.64 Å². The Bertz CT molecular complexity index is 965. The summed E-state index contributed by atoms with van der Waals surface area (Å²) in [6.45, 7) is 6.68. The van der Waals surface area contributed by atoms with Gasteiger partial charge in [-0.15, -0.1) is 12.4 Å². The quantitative estimate of drug-likeness (QED) is 0.467. The number of aromatic nitrogens is 1. The Morgan fingerprint density at radius 1 is 1.07 bits per heavy atom. The van der Waals surface area contributed by atoms with E-state index in [9.17, 15) is 13.6 Å². The van der Waals surface area contributed by atoms with E-state index in [2.05, 4.69) is 23.7 Å². The van der Waals surface area contributed by atoms with E-state index in [0.29, 0.717) is 28.7 Å². The SMILES string of the molecule is CCN(CC)CCN(C(=O)COc1ccc(F)cc1)c1nc2c(F)cccc2s1.Cl. The van der Waals surface area contributed by atoms with Crippen molar-refractivity contribution in [2.75, 3.05) is 37.7 Å². The molecule has 0 radical (unpaired) electrons. The number of rotatable bonds is 9. The lowest BCUT2D eigenvalue weighted by atomic mass is 10.3. The highest BCUT2D eigenvalue weighted by Crippen LogP contribution is 2.30. The molecule has 0 aliphatic heterocycles. The molecule has 3 rings (SSSR count). The number of fused-ring (bicyclic) bond motifs is 1. The molecule has 0 N–H and O–H groups in total. The molecule has 0 spiro atoms. The minimum atomic E-state index is -0.413. The van der Waals surface area contributed by atoms with Crippen molar-refractivity contribution in [3.8, 4) is 5.75 Å². The number of benzene rings is 2. The first kappa shape index (κ1) is 24.0. The average molecular weight is 456 g/mol. The first-order chi connectivity index (χ1) is 14.0. The van der Waals surface area contributed by atoms with Gasteiger partial charge in [0.2, 0.25) is 0 Å². The van der Waals surface area contributed by atoms with Crippen molar-refractivity contribution in [3.63, 3.8) is 0 Å². The molecule has 0 unspecified atom stereocenters. The predicted octanol–water partition coefficient (Wildman–Crippen LogP) is 4.75. The first-order valence-corrected chi connectivity index (χ1v) is 10.3. The van der Waals surface area contributed by atoms with Gasteiger partial charge in [0.25, 0.3) is 5.91 Å². The van der Waals surface area contributed by atoms with Crippen molar-refractivity contribution in [2.24, 2.45) is 0 Å². The Kier molecular flexibility index (Phi) is 8.95. The van der Waals surface area contributed by atoms with Gasteiger partial charge in [-0.25, -0.2) is 13.8 Å². The molecule has 2 aromatic carbocycles. The number of amides is 1. The third kappa shape index (κ3) is 5.87. The van der Waals surface area contributed by atoms with Gasteiger partial charge in [-0.2, -0.15) is 0 Å². The highest BCUT2D eigenvalue weighted by atomic mass is 35.5. The van der Waals surface area contributed by atoms with Crippen molar-refractivity contribution in [3.05, 3.63) is 54.1 Å². The normalized spacial score (nSPS) is 10.8. The molecule has 0 bridgehead atoms. The van der Waals surface area contributed by atoms with E-state index >= 15 is 0 Å². The number of anilines is 1. The van der Waals surface area contributed by atoms with Crippen LogP contribution in [0.1, 0.15) is 13.8 Å². The highest BCUT2D eigenvalue weighted by Gasteiger charge is 2.22. The number of halogens is 3. The number of nitrogens with zero attached hydrogens (tertiary/aromatic N) is 3. The van der Waals surface area contributed by atoms with Crippen LogP contribution in [0.25, 0.3) is 10.2 Å². The minimum Gasteiger partial charge on any atom is -0.484 e. The summed E-state index contributed by atoms with van der Waals surface area (Å²) in [5.74, 6) is -0.676. The van der Waals surface area contributed by atoms with E-state index in [1.807, 2.05) is 0 Å². The van der Waals surface area contributed by atoms with Gasteiger partial charge < -0.3 is 9.64 Å². The van der Waals surface area contributed by atoms with Gasteiger partial charge >= 0.3 is 0 Å². The Morgan fingerprint density at radius 3 is 2.40 bits per heavy atom. The maximum atomic E-state index is 14.1. The lowest BCUT2D eigenvalue weighted by molar-refractivity contribution is -0.120. The largest absolute Gasteiger partial charge is 0.484 e. The Balaban J connectivity index is 0.00000320. The van der Waals surface area contributed by atoms with Gasteiger partial charge in [0.1, 0.15) is 22.9 Å². The second-order valence-electron chi connectivity index (χ2n) is 6.40. The van der Waals surface area contributed by atoms with Gasteiger partial charge in [0, 0.05) is 13.1 Å². The molecule has 5 nitrogen and oxygen atoms in total. The molecule has 0 saturated heterocycles. The summed E-state index contributed by atoms with van der Waals surface area (Å²) in [6.07, 6.45) is 0. The summed E-state index contributed by atoms with van der Waals surface area (Å²) in [4.78, 5) is 21.0. The zero-order chi connectivity index (χ0) is 20.8. The maximum Gasteiger partial charge on any atom is 0.266 e. The molecule has 0 atom stereocenters. The highest BCUT2D eigenvalue weighted by molar-refractivity contribution is 7.22. The smallest absolute Gasteiger partial charge is 0.266 e. The number of likely N-dealkylation sites (N-methyl/N-ethyl adjacent to an activating group) is 1. The van der Waals surface area contributed by atoms with Crippen LogP contribution in [0.5, 0.6) is 5.75 Å². The molecule has 0 fully saturated rings. The van der Waals surface area contributed by atoms with Crippen molar-refractivity contribution in [2.45, 2.75) is 13.8 Å². The number of carbonyl (C=O) groups is 1. The van der Waals surface area contributed by atoms with E-state index in [1.165, 1.54) is 46.6 Å². The number of para-hydroxylation sites is 1. The lowest BCUT2D eigenvalue weighted by Gasteiger charge is -2.24. The van der Waals surface area contributed by atoms with Crippen molar-refractivity contribution in [1.82, 2.24) is 9.88 Å². The Labute approximate surface area is 184 Å². The van der Waals surface area contributed by atoms with Crippen molar-refractivity contribution >= 4 is 45.0 Å². The lowest BCUT2D eigenvalue weighted by Crippen LogP contribution is -2.41. The minimum absolute atomic E-state index is 0. The summed E-state index contributed by atoms with van der Waals surface area (Å²) in [5, 5.41) is 0.435. The van der Waals surface area contributed by atoms with E-state index in [1.54, 1.807) is 12.1 Å². The maximum absolute atomic E-state index is 14.1. The van der Waals surface area contributed by atoms with E-state index in [0.717, 1.165) is 13.1 Å². The van der Waals surface area contributed by atoms with Crippen LogP contribution in [0.4, 0.5) is 13.9 Å². The monoisotopic (exact) mass is 455 g/mol.